The van der Waals surface area contributed by atoms with Crippen molar-refractivity contribution in [2.45, 2.75) is 18.5 Å². The number of carbonyl (C=O) groups is 1. The molecule has 0 spiro atoms. The van der Waals surface area contributed by atoms with Crippen LogP contribution in [0.2, 0.25) is 0 Å². The topological polar surface area (TPSA) is 46.9 Å². The van der Waals surface area contributed by atoms with Crippen LogP contribution in [0, 0.1) is 0 Å². The van der Waals surface area contributed by atoms with Crippen molar-refractivity contribution >= 4 is 28.7 Å². The number of hydrogen-bond donors (Lipinski definition) is 1. The van der Waals surface area contributed by atoms with E-state index in [2.05, 4.69) is 10.3 Å². The molecule has 1 heterocycles. The molecule has 0 fully saturated rings. The Bertz CT molecular complexity index is 550. The number of hydrogen-bond acceptors (Lipinski definition) is 3. The highest BCUT2D eigenvalue weighted by Gasteiger charge is 2.09. The first-order chi connectivity index (χ1) is 8.72. The van der Waals surface area contributed by atoms with Gasteiger partial charge in [0.05, 0.1) is 16.8 Å². The van der Waals surface area contributed by atoms with E-state index in [1.54, 1.807) is 0 Å². The Labute approximate surface area is 111 Å². The fraction of sp³-hybridized carbons (Fsp3) is 0.385. The Kier molecular flexibility index (Phi) is 4.25. The SMILES string of the molecule is CCCNC(=O)CSc1nc2ccccc2n1C. The van der Waals surface area contributed by atoms with Crippen molar-refractivity contribution in [3.05, 3.63) is 24.3 Å². The average molecular weight is 263 g/mol. The molecule has 0 radical (unpaired) electrons. The number of rotatable bonds is 5. The van der Waals surface area contributed by atoms with Crippen LogP contribution in [-0.2, 0) is 11.8 Å². The van der Waals surface area contributed by atoms with Crippen molar-refractivity contribution in [3.8, 4) is 0 Å². The van der Waals surface area contributed by atoms with Gasteiger partial charge in [-0.15, -0.1) is 0 Å². The fourth-order valence-corrected chi connectivity index (χ4v) is 2.52. The highest BCUT2D eigenvalue weighted by Crippen LogP contribution is 2.22. The molecule has 18 heavy (non-hydrogen) atoms. The number of aromatic nitrogens is 2. The van der Waals surface area contributed by atoms with Crippen LogP contribution in [0.15, 0.2) is 29.4 Å². The molecule has 96 valence electrons. The number of carbonyl (C=O) groups excluding carboxylic acids is 1. The third-order valence-corrected chi connectivity index (χ3v) is 3.68. The second-order valence-electron chi connectivity index (χ2n) is 4.08. The van der Waals surface area contributed by atoms with Gasteiger partial charge in [0.25, 0.3) is 0 Å². The highest BCUT2D eigenvalue weighted by atomic mass is 32.2. The van der Waals surface area contributed by atoms with Crippen molar-refractivity contribution in [1.29, 1.82) is 0 Å². The van der Waals surface area contributed by atoms with Crippen LogP contribution in [0.25, 0.3) is 11.0 Å². The summed E-state index contributed by atoms with van der Waals surface area (Å²) in [5, 5.41) is 3.74. The van der Waals surface area contributed by atoms with Gasteiger partial charge in [-0.3, -0.25) is 4.79 Å². The number of para-hydroxylation sites is 2. The molecule has 0 bridgehead atoms. The van der Waals surface area contributed by atoms with Crippen molar-refractivity contribution < 1.29 is 4.79 Å². The summed E-state index contributed by atoms with van der Waals surface area (Å²) in [4.78, 5) is 16.0. The summed E-state index contributed by atoms with van der Waals surface area (Å²) in [6, 6.07) is 7.98. The predicted molar refractivity (Wildman–Crippen MR) is 74.7 cm³/mol. The molecule has 0 saturated heterocycles. The summed E-state index contributed by atoms with van der Waals surface area (Å²) in [6.07, 6.45) is 0.961. The molecule has 0 unspecified atom stereocenters. The van der Waals surface area contributed by atoms with Gasteiger partial charge >= 0.3 is 0 Å². The van der Waals surface area contributed by atoms with Gasteiger partial charge in [0.1, 0.15) is 0 Å². The average Bonchev–Trinajstić information content (AvgIpc) is 2.71. The zero-order valence-corrected chi connectivity index (χ0v) is 11.5. The lowest BCUT2D eigenvalue weighted by molar-refractivity contribution is -0.118. The molecule has 1 aromatic carbocycles. The third kappa shape index (κ3) is 2.85. The largest absolute Gasteiger partial charge is 0.355 e. The molecule has 5 heteroatoms. The highest BCUT2D eigenvalue weighted by molar-refractivity contribution is 7.99. The van der Waals surface area contributed by atoms with Gasteiger partial charge in [0.2, 0.25) is 5.91 Å². The molecule has 0 aliphatic heterocycles. The molecule has 0 aliphatic rings. The number of amides is 1. The molecule has 1 amide bonds. The van der Waals surface area contributed by atoms with Crippen molar-refractivity contribution in [2.24, 2.45) is 7.05 Å². The molecule has 1 N–H and O–H groups in total. The van der Waals surface area contributed by atoms with Gasteiger partial charge in [0.15, 0.2) is 5.16 Å². The van der Waals surface area contributed by atoms with Gasteiger partial charge < -0.3 is 9.88 Å². The Balaban J connectivity index is 2.03. The van der Waals surface area contributed by atoms with Gasteiger partial charge in [-0.05, 0) is 18.6 Å². The predicted octanol–water partition coefficient (Wildman–Crippen LogP) is 2.19. The van der Waals surface area contributed by atoms with E-state index in [1.165, 1.54) is 11.8 Å². The van der Waals surface area contributed by atoms with Crippen LogP contribution < -0.4 is 5.32 Å². The maximum absolute atomic E-state index is 11.5. The summed E-state index contributed by atoms with van der Waals surface area (Å²) < 4.78 is 2.02. The van der Waals surface area contributed by atoms with Gasteiger partial charge in [0, 0.05) is 13.6 Å². The summed E-state index contributed by atoms with van der Waals surface area (Å²) >= 11 is 1.47. The zero-order chi connectivity index (χ0) is 13.0. The number of fused-ring (bicyclic) bond motifs is 1. The van der Waals surface area contributed by atoms with E-state index in [-0.39, 0.29) is 5.91 Å². The first-order valence-corrected chi connectivity index (χ1v) is 7.02. The molecule has 0 aliphatic carbocycles. The van der Waals surface area contributed by atoms with E-state index < -0.39 is 0 Å². The lowest BCUT2D eigenvalue weighted by atomic mass is 10.3. The molecule has 1 aromatic heterocycles. The van der Waals surface area contributed by atoms with Crippen LogP contribution in [0.5, 0.6) is 0 Å². The molecule has 0 atom stereocenters. The van der Waals surface area contributed by atoms with E-state index in [9.17, 15) is 4.79 Å². The Morgan fingerprint density at radius 1 is 1.44 bits per heavy atom. The van der Waals surface area contributed by atoms with Crippen LogP contribution in [0.4, 0.5) is 0 Å². The van der Waals surface area contributed by atoms with Gasteiger partial charge in [-0.2, -0.15) is 0 Å². The summed E-state index contributed by atoms with van der Waals surface area (Å²) in [7, 11) is 1.97. The summed E-state index contributed by atoms with van der Waals surface area (Å²) in [5.74, 6) is 0.478. The lowest BCUT2D eigenvalue weighted by Gasteiger charge is -2.03. The van der Waals surface area contributed by atoms with Crippen LogP contribution in [0.3, 0.4) is 0 Å². The van der Waals surface area contributed by atoms with E-state index in [0.29, 0.717) is 5.75 Å². The molecular formula is C13H17N3OS. The standard InChI is InChI=1S/C13H17N3OS/c1-3-8-14-12(17)9-18-13-15-10-6-4-5-7-11(10)16(13)2/h4-7H,3,8-9H2,1-2H3,(H,14,17). The van der Waals surface area contributed by atoms with Crippen molar-refractivity contribution in [3.63, 3.8) is 0 Å². The molecule has 2 rings (SSSR count). The zero-order valence-electron chi connectivity index (χ0n) is 10.6. The summed E-state index contributed by atoms with van der Waals surface area (Å²) in [6.45, 7) is 2.78. The number of imidazole rings is 1. The Morgan fingerprint density at radius 2 is 2.22 bits per heavy atom. The molecule has 4 nitrogen and oxygen atoms in total. The van der Waals surface area contributed by atoms with E-state index >= 15 is 0 Å². The Morgan fingerprint density at radius 3 is 2.94 bits per heavy atom. The second kappa shape index (κ2) is 5.91. The summed E-state index contributed by atoms with van der Waals surface area (Å²) in [5.41, 5.74) is 2.06. The maximum atomic E-state index is 11.5. The fourth-order valence-electron chi connectivity index (χ4n) is 1.70. The minimum Gasteiger partial charge on any atom is -0.355 e. The lowest BCUT2D eigenvalue weighted by Crippen LogP contribution is -2.25. The number of nitrogens with zero attached hydrogens (tertiary/aromatic N) is 2. The first kappa shape index (κ1) is 13.0. The number of nitrogens with one attached hydrogen (secondary N) is 1. The van der Waals surface area contributed by atoms with Crippen LogP contribution in [0.1, 0.15) is 13.3 Å². The molecular weight excluding hydrogens is 246 g/mol. The quantitative estimate of drug-likeness (QED) is 0.841. The third-order valence-electron chi connectivity index (χ3n) is 2.65. The monoisotopic (exact) mass is 263 g/mol. The van der Waals surface area contributed by atoms with Crippen molar-refractivity contribution in [1.82, 2.24) is 14.9 Å². The van der Waals surface area contributed by atoms with Crippen molar-refractivity contribution in [2.75, 3.05) is 12.3 Å². The smallest absolute Gasteiger partial charge is 0.230 e. The number of benzene rings is 1. The van der Waals surface area contributed by atoms with Gasteiger partial charge in [-0.25, -0.2) is 4.98 Å². The molecule has 0 saturated carbocycles. The second-order valence-corrected chi connectivity index (χ2v) is 5.02. The minimum atomic E-state index is 0.0638. The van der Waals surface area contributed by atoms with E-state index in [0.717, 1.165) is 29.2 Å². The maximum Gasteiger partial charge on any atom is 0.230 e. The first-order valence-electron chi connectivity index (χ1n) is 6.03. The van der Waals surface area contributed by atoms with Crippen LogP contribution in [-0.4, -0.2) is 27.8 Å². The number of aryl methyl sites for hydroxylation is 1. The normalized spacial score (nSPS) is 10.8. The number of thioether (sulfide) groups is 1. The van der Waals surface area contributed by atoms with Gasteiger partial charge in [-0.1, -0.05) is 30.8 Å². The van der Waals surface area contributed by atoms with E-state index in [4.69, 9.17) is 0 Å². The van der Waals surface area contributed by atoms with E-state index in [1.807, 2.05) is 42.8 Å². The Hall–Kier alpha value is -1.49. The molecule has 2 aromatic rings. The van der Waals surface area contributed by atoms with Crippen LogP contribution >= 0.6 is 11.8 Å². The minimum absolute atomic E-state index is 0.0638.